The molecule has 0 spiro atoms. The lowest BCUT2D eigenvalue weighted by Gasteiger charge is -2.10. The normalized spacial score (nSPS) is 10.2. The van der Waals surface area contributed by atoms with E-state index in [2.05, 4.69) is 24.8 Å². The highest BCUT2D eigenvalue weighted by Gasteiger charge is 2.18. The van der Waals surface area contributed by atoms with Gasteiger partial charge in [-0.15, -0.1) is 0 Å². The average Bonchev–Trinajstić information content (AvgIpc) is 2.67. The number of nitrogens with one attached hydrogen (secondary N) is 1. The highest BCUT2D eigenvalue weighted by Crippen LogP contribution is 2.21. The SMILES string of the molecule is CCSc1ncc(Cl)c(C(=O)Nc2cc(C(=O)OC)cc(C(=O)OC)c2)n1. The second-order valence-corrected chi connectivity index (χ2v) is 6.66. The van der Waals surface area contributed by atoms with Gasteiger partial charge in [-0.25, -0.2) is 19.6 Å². The van der Waals surface area contributed by atoms with E-state index in [1.807, 2.05) is 6.92 Å². The third-order valence-corrected chi connectivity index (χ3v) is 4.26. The van der Waals surface area contributed by atoms with Crippen molar-refractivity contribution in [3.8, 4) is 0 Å². The van der Waals surface area contributed by atoms with Crippen molar-refractivity contribution in [2.45, 2.75) is 12.1 Å². The smallest absolute Gasteiger partial charge is 0.337 e. The lowest BCUT2D eigenvalue weighted by Crippen LogP contribution is -2.16. The number of nitrogens with zero attached hydrogens (tertiary/aromatic N) is 2. The number of anilines is 1. The molecule has 1 aromatic heterocycles. The topological polar surface area (TPSA) is 107 Å². The van der Waals surface area contributed by atoms with Crippen LogP contribution < -0.4 is 5.32 Å². The van der Waals surface area contributed by atoms with Crippen LogP contribution in [0, 0.1) is 0 Å². The maximum Gasteiger partial charge on any atom is 0.337 e. The van der Waals surface area contributed by atoms with Crippen molar-refractivity contribution < 1.29 is 23.9 Å². The Bertz CT molecular complexity index is 857. The molecule has 0 aliphatic carbocycles. The molecule has 0 bridgehead atoms. The van der Waals surface area contributed by atoms with Gasteiger partial charge in [0.15, 0.2) is 10.9 Å². The maximum absolute atomic E-state index is 12.6. The van der Waals surface area contributed by atoms with Crippen LogP contribution in [0.5, 0.6) is 0 Å². The van der Waals surface area contributed by atoms with E-state index in [-0.39, 0.29) is 27.5 Å². The number of thioether (sulfide) groups is 1. The Balaban J connectivity index is 2.38. The zero-order valence-corrected chi connectivity index (χ0v) is 16.3. The van der Waals surface area contributed by atoms with Crippen LogP contribution in [-0.4, -0.2) is 47.8 Å². The lowest BCUT2D eigenvalue weighted by atomic mass is 10.1. The van der Waals surface area contributed by atoms with Crippen LogP contribution in [0.25, 0.3) is 0 Å². The summed E-state index contributed by atoms with van der Waals surface area (Å²) in [6, 6.07) is 4.04. The van der Waals surface area contributed by atoms with E-state index in [0.717, 1.165) is 5.75 Å². The minimum Gasteiger partial charge on any atom is -0.465 e. The van der Waals surface area contributed by atoms with Gasteiger partial charge in [-0.3, -0.25) is 4.79 Å². The van der Waals surface area contributed by atoms with Gasteiger partial charge in [-0.1, -0.05) is 30.3 Å². The highest BCUT2D eigenvalue weighted by atomic mass is 35.5. The molecule has 0 fully saturated rings. The number of amides is 1. The molecule has 2 rings (SSSR count). The molecule has 2 aromatic rings. The summed E-state index contributed by atoms with van der Waals surface area (Å²) in [4.78, 5) is 44.4. The number of hydrogen-bond donors (Lipinski definition) is 1. The van der Waals surface area contributed by atoms with Gasteiger partial charge >= 0.3 is 11.9 Å². The van der Waals surface area contributed by atoms with Crippen LogP contribution in [0.2, 0.25) is 5.02 Å². The maximum atomic E-state index is 12.6. The summed E-state index contributed by atoms with van der Waals surface area (Å²) in [5.41, 5.74) is 0.312. The first-order chi connectivity index (χ1) is 12.9. The van der Waals surface area contributed by atoms with Crippen molar-refractivity contribution in [1.29, 1.82) is 0 Å². The largest absolute Gasteiger partial charge is 0.465 e. The fraction of sp³-hybridized carbons (Fsp3) is 0.235. The number of ether oxygens (including phenoxy) is 2. The van der Waals surface area contributed by atoms with Gasteiger partial charge in [-0.2, -0.15) is 0 Å². The molecule has 1 amide bonds. The molecule has 1 N–H and O–H groups in total. The summed E-state index contributed by atoms with van der Waals surface area (Å²) in [7, 11) is 2.41. The number of hydrogen-bond acceptors (Lipinski definition) is 8. The van der Waals surface area contributed by atoms with Crippen molar-refractivity contribution in [3.05, 3.63) is 46.2 Å². The molecule has 10 heteroatoms. The third-order valence-electron chi connectivity index (χ3n) is 3.24. The molecule has 0 saturated carbocycles. The summed E-state index contributed by atoms with van der Waals surface area (Å²) >= 11 is 7.38. The number of esters is 2. The molecule has 0 atom stereocenters. The highest BCUT2D eigenvalue weighted by molar-refractivity contribution is 7.99. The molecule has 0 aliphatic heterocycles. The minimum atomic E-state index is -0.669. The summed E-state index contributed by atoms with van der Waals surface area (Å²) in [5, 5.41) is 3.05. The Labute approximate surface area is 164 Å². The second-order valence-electron chi connectivity index (χ2n) is 5.02. The Kier molecular flexibility index (Phi) is 7.14. The predicted octanol–water partition coefficient (Wildman–Crippen LogP) is 3.07. The van der Waals surface area contributed by atoms with Gasteiger partial charge in [0.1, 0.15) is 0 Å². The Morgan fingerprint density at radius 1 is 1.11 bits per heavy atom. The molecular formula is C17H16ClN3O5S. The number of rotatable bonds is 6. The average molecular weight is 410 g/mol. The number of carbonyl (C=O) groups is 3. The van der Waals surface area contributed by atoms with E-state index in [0.29, 0.717) is 5.16 Å². The van der Waals surface area contributed by atoms with Gasteiger partial charge in [0.25, 0.3) is 5.91 Å². The molecule has 0 unspecified atom stereocenters. The molecule has 8 nitrogen and oxygen atoms in total. The number of benzene rings is 1. The summed E-state index contributed by atoms with van der Waals surface area (Å²) in [6.45, 7) is 1.93. The monoisotopic (exact) mass is 409 g/mol. The zero-order chi connectivity index (χ0) is 20.0. The summed E-state index contributed by atoms with van der Waals surface area (Å²) in [6.07, 6.45) is 1.34. The van der Waals surface area contributed by atoms with Crippen molar-refractivity contribution in [2.75, 3.05) is 25.3 Å². The quantitative estimate of drug-likeness (QED) is 0.440. The van der Waals surface area contributed by atoms with E-state index < -0.39 is 17.8 Å². The first-order valence-electron chi connectivity index (χ1n) is 7.68. The standard InChI is InChI=1S/C17H16ClN3O5S/c1-4-27-17-19-8-12(18)13(21-17)14(22)20-11-6-9(15(23)25-2)5-10(7-11)16(24)26-3/h5-8H,4H2,1-3H3,(H,20,22). The van der Waals surface area contributed by atoms with E-state index in [4.69, 9.17) is 11.6 Å². The van der Waals surface area contributed by atoms with Crippen LogP contribution in [-0.2, 0) is 9.47 Å². The van der Waals surface area contributed by atoms with E-state index in [1.54, 1.807) is 0 Å². The van der Waals surface area contributed by atoms with Gasteiger partial charge < -0.3 is 14.8 Å². The van der Waals surface area contributed by atoms with Crippen LogP contribution in [0.3, 0.4) is 0 Å². The molecule has 142 valence electrons. The van der Waals surface area contributed by atoms with Crippen LogP contribution in [0.1, 0.15) is 38.1 Å². The molecule has 0 aliphatic rings. The molecule has 1 aromatic carbocycles. The molecular weight excluding hydrogens is 394 g/mol. The van der Waals surface area contributed by atoms with Crippen LogP contribution in [0.15, 0.2) is 29.6 Å². The number of carbonyl (C=O) groups excluding carboxylic acids is 3. The first-order valence-corrected chi connectivity index (χ1v) is 9.04. The van der Waals surface area contributed by atoms with E-state index in [1.165, 1.54) is 50.4 Å². The minimum absolute atomic E-state index is 0.0225. The third kappa shape index (κ3) is 5.18. The van der Waals surface area contributed by atoms with Gasteiger partial charge in [0, 0.05) is 5.69 Å². The van der Waals surface area contributed by atoms with E-state index >= 15 is 0 Å². The second kappa shape index (κ2) is 9.33. The van der Waals surface area contributed by atoms with Crippen LogP contribution in [0.4, 0.5) is 5.69 Å². The Morgan fingerprint density at radius 3 is 2.22 bits per heavy atom. The Morgan fingerprint density at radius 2 is 1.70 bits per heavy atom. The van der Waals surface area contributed by atoms with Crippen molar-refractivity contribution in [1.82, 2.24) is 9.97 Å². The number of aromatic nitrogens is 2. The van der Waals surface area contributed by atoms with Gasteiger partial charge in [0.05, 0.1) is 36.6 Å². The summed E-state index contributed by atoms with van der Waals surface area (Å²) < 4.78 is 9.33. The van der Waals surface area contributed by atoms with Crippen molar-refractivity contribution in [3.63, 3.8) is 0 Å². The molecule has 27 heavy (non-hydrogen) atoms. The Hall–Kier alpha value is -2.65. The fourth-order valence-corrected chi connectivity index (χ4v) is 2.79. The molecule has 0 saturated heterocycles. The van der Waals surface area contributed by atoms with Crippen molar-refractivity contribution in [2.24, 2.45) is 0 Å². The fourth-order valence-electron chi connectivity index (χ4n) is 2.07. The molecule has 1 heterocycles. The van der Waals surface area contributed by atoms with E-state index in [9.17, 15) is 14.4 Å². The van der Waals surface area contributed by atoms with Gasteiger partial charge in [-0.05, 0) is 24.0 Å². The lowest BCUT2D eigenvalue weighted by molar-refractivity contribution is 0.0599. The number of halogens is 1. The number of methoxy groups -OCH3 is 2. The summed E-state index contributed by atoms with van der Waals surface area (Å²) in [5.74, 6) is -1.22. The molecule has 0 radical (unpaired) electrons. The first kappa shape index (κ1) is 20.7. The van der Waals surface area contributed by atoms with Crippen LogP contribution >= 0.6 is 23.4 Å². The zero-order valence-electron chi connectivity index (χ0n) is 14.7. The predicted molar refractivity (Wildman–Crippen MR) is 101 cm³/mol. The van der Waals surface area contributed by atoms with Gasteiger partial charge in [0.2, 0.25) is 0 Å². The van der Waals surface area contributed by atoms with Crippen molar-refractivity contribution >= 4 is 46.9 Å².